The van der Waals surface area contributed by atoms with Crippen LogP contribution in [0.15, 0.2) is 24.7 Å². The maximum atomic E-state index is 4.62. The molecule has 0 bridgehead atoms. The summed E-state index contributed by atoms with van der Waals surface area (Å²) in [5.74, 6) is 1.84. The molecule has 0 aliphatic heterocycles. The molecule has 116 valence electrons. The topological polar surface area (TPSA) is 72.9 Å². The highest BCUT2D eigenvalue weighted by molar-refractivity contribution is 5.49. The van der Waals surface area contributed by atoms with Gasteiger partial charge in [0, 0.05) is 24.4 Å². The van der Waals surface area contributed by atoms with Crippen molar-refractivity contribution in [2.24, 2.45) is 0 Å². The van der Waals surface area contributed by atoms with Gasteiger partial charge in [-0.05, 0) is 20.3 Å². The summed E-state index contributed by atoms with van der Waals surface area (Å²) in [6.07, 6.45) is 5.38. The van der Waals surface area contributed by atoms with E-state index in [1.165, 1.54) is 0 Å². The molecule has 7 heteroatoms. The maximum Gasteiger partial charge on any atom is 0.157 e. The van der Waals surface area contributed by atoms with E-state index in [1.807, 2.05) is 15.3 Å². The largest absolute Gasteiger partial charge is 0.360 e. The molecule has 0 unspecified atom stereocenters. The third kappa shape index (κ3) is 2.66. The van der Waals surface area contributed by atoms with Gasteiger partial charge in [0.15, 0.2) is 5.65 Å². The van der Waals surface area contributed by atoms with Crippen LogP contribution >= 0.6 is 0 Å². The second-order valence-electron chi connectivity index (χ2n) is 5.28. The highest BCUT2D eigenvalue weighted by Crippen LogP contribution is 2.19. The van der Waals surface area contributed by atoms with Crippen molar-refractivity contribution in [2.45, 2.75) is 46.2 Å². The Labute approximate surface area is 129 Å². The summed E-state index contributed by atoms with van der Waals surface area (Å²) in [4.78, 5) is 8.97. The van der Waals surface area contributed by atoms with Crippen molar-refractivity contribution >= 4 is 11.5 Å². The van der Waals surface area contributed by atoms with Gasteiger partial charge in [-0.2, -0.15) is 14.7 Å². The Morgan fingerprint density at radius 1 is 1.27 bits per heavy atom. The number of hydrogen-bond acceptors (Lipinski definition) is 5. The number of anilines is 1. The smallest absolute Gasteiger partial charge is 0.157 e. The van der Waals surface area contributed by atoms with Crippen molar-refractivity contribution < 1.29 is 0 Å². The van der Waals surface area contributed by atoms with Gasteiger partial charge in [-0.25, -0.2) is 14.6 Å². The predicted molar refractivity (Wildman–Crippen MR) is 84.7 cm³/mol. The number of aryl methyl sites for hydroxylation is 2. The number of nitrogens with zero attached hydrogens (tertiary/aromatic N) is 6. The summed E-state index contributed by atoms with van der Waals surface area (Å²) in [5, 5.41) is 12.1. The summed E-state index contributed by atoms with van der Waals surface area (Å²) in [5.41, 5.74) is 1.93. The van der Waals surface area contributed by atoms with Crippen molar-refractivity contribution in [1.29, 1.82) is 0 Å². The van der Waals surface area contributed by atoms with E-state index in [1.54, 1.807) is 12.5 Å². The zero-order valence-corrected chi connectivity index (χ0v) is 13.2. The van der Waals surface area contributed by atoms with Gasteiger partial charge in [0.05, 0.1) is 12.2 Å². The van der Waals surface area contributed by atoms with Crippen molar-refractivity contribution in [3.63, 3.8) is 0 Å². The molecule has 0 radical (unpaired) electrons. The first-order chi connectivity index (χ1) is 10.7. The lowest BCUT2D eigenvalue weighted by Crippen LogP contribution is -2.16. The van der Waals surface area contributed by atoms with Gasteiger partial charge in [-0.1, -0.05) is 13.3 Å². The molecule has 0 saturated carbocycles. The Bertz CT molecular complexity index is 758. The molecule has 0 amide bonds. The molecule has 1 atom stereocenters. The van der Waals surface area contributed by atoms with Crippen LogP contribution in [0.1, 0.15) is 44.8 Å². The number of rotatable bonds is 6. The van der Waals surface area contributed by atoms with Crippen LogP contribution in [0, 0.1) is 0 Å². The molecular formula is C15H21N7. The van der Waals surface area contributed by atoms with E-state index in [2.05, 4.69) is 52.3 Å². The van der Waals surface area contributed by atoms with Crippen molar-refractivity contribution in [2.75, 3.05) is 5.32 Å². The first kappa shape index (κ1) is 14.5. The van der Waals surface area contributed by atoms with Crippen LogP contribution in [0.4, 0.5) is 5.82 Å². The molecule has 3 aromatic rings. The molecule has 0 aliphatic rings. The monoisotopic (exact) mass is 299 g/mol. The molecule has 0 saturated heterocycles. The van der Waals surface area contributed by atoms with Crippen LogP contribution in [0.2, 0.25) is 0 Å². The SMILES string of the molecule is CCCc1cc(N[C@@H](C)c2ncnn2CC)n2nccc2n1. The average molecular weight is 299 g/mol. The molecular weight excluding hydrogens is 278 g/mol. The van der Waals surface area contributed by atoms with E-state index >= 15 is 0 Å². The average Bonchev–Trinajstić information content (AvgIpc) is 3.16. The lowest BCUT2D eigenvalue weighted by Gasteiger charge is -2.16. The van der Waals surface area contributed by atoms with E-state index in [4.69, 9.17) is 0 Å². The summed E-state index contributed by atoms with van der Waals surface area (Å²) < 4.78 is 3.72. The fraction of sp³-hybridized carbons (Fsp3) is 0.467. The Kier molecular flexibility index (Phi) is 4.04. The van der Waals surface area contributed by atoms with E-state index in [0.29, 0.717) is 0 Å². The molecule has 0 aliphatic carbocycles. The van der Waals surface area contributed by atoms with Gasteiger partial charge in [-0.3, -0.25) is 0 Å². The fourth-order valence-corrected chi connectivity index (χ4v) is 2.59. The minimum atomic E-state index is 0.0340. The molecule has 22 heavy (non-hydrogen) atoms. The van der Waals surface area contributed by atoms with Crippen molar-refractivity contribution in [1.82, 2.24) is 29.4 Å². The van der Waals surface area contributed by atoms with Crippen molar-refractivity contribution in [3.8, 4) is 0 Å². The molecule has 1 N–H and O–H groups in total. The third-order valence-electron chi connectivity index (χ3n) is 3.62. The van der Waals surface area contributed by atoms with Gasteiger partial charge >= 0.3 is 0 Å². The number of fused-ring (bicyclic) bond motifs is 1. The number of hydrogen-bond donors (Lipinski definition) is 1. The normalized spacial score (nSPS) is 12.7. The Balaban J connectivity index is 1.93. The minimum Gasteiger partial charge on any atom is -0.360 e. The van der Waals surface area contributed by atoms with Crippen LogP contribution in [0.25, 0.3) is 5.65 Å². The van der Waals surface area contributed by atoms with Gasteiger partial charge < -0.3 is 5.32 Å². The summed E-state index contributed by atoms with van der Waals surface area (Å²) in [6.45, 7) is 7.09. The molecule has 3 heterocycles. The Morgan fingerprint density at radius 3 is 2.91 bits per heavy atom. The van der Waals surface area contributed by atoms with E-state index < -0.39 is 0 Å². The van der Waals surface area contributed by atoms with Crippen LogP contribution in [-0.4, -0.2) is 29.4 Å². The quantitative estimate of drug-likeness (QED) is 0.757. The lowest BCUT2D eigenvalue weighted by molar-refractivity contribution is 0.591. The van der Waals surface area contributed by atoms with E-state index in [-0.39, 0.29) is 6.04 Å². The maximum absolute atomic E-state index is 4.62. The van der Waals surface area contributed by atoms with E-state index in [0.717, 1.165) is 42.4 Å². The number of aromatic nitrogens is 6. The Hall–Kier alpha value is -2.44. The van der Waals surface area contributed by atoms with Crippen LogP contribution in [0.3, 0.4) is 0 Å². The number of nitrogens with one attached hydrogen (secondary N) is 1. The fourth-order valence-electron chi connectivity index (χ4n) is 2.59. The second kappa shape index (κ2) is 6.13. The van der Waals surface area contributed by atoms with Gasteiger partial charge in [0.1, 0.15) is 18.0 Å². The lowest BCUT2D eigenvalue weighted by atomic mass is 10.2. The summed E-state index contributed by atoms with van der Waals surface area (Å²) >= 11 is 0. The molecule has 0 aromatic carbocycles. The highest BCUT2D eigenvalue weighted by Gasteiger charge is 2.15. The van der Waals surface area contributed by atoms with Gasteiger partial charge in [-0.15, -0.1) is 0 Å². The van der Waals surface area contributed by atoms with Crippen LogP contribution in [0.5, 0.6) is 0 Å². The van der Waals surface area contributed by atoms with E-state index in [9.17, 15) is 0 Å². The summed E-state index contributed by atoms with van der Waals surface area (Å²) in [6, 6.07) is 4.02. The third-order valence-corrected chi connectivity index (χ3v) is 3.62. The second-order valence-corrected chi connectivity index (χ2v) is 5.28. The summed E-state index contributed by atoms with van der Waals surface area (Å²) in [7, 11) is 0. The van der Waals surface area contributed by atoms with Gasteiger partial charge in [0.2, 0.25) is 0 Å². The first-order valence-electron chi connectivity index (χ1n) is 7.70. The highest BCUT2D eigenvalue weighted by atomic mass is 15.4. The standard InChI is InChI=1S/C15H21N7/c1-4-6-12-9-14(22-13(20-12)7-8-17-22)19-11(3)15-16-10-18-21(15)5-2/h7-11,19H,4-6H2,1-3H3/t11-/m0/s1. The Morgan fingerprint density at radius 2 is 2.14 bits per heavy atom. The first-order valence-corrected chi connectivity index (χ1v) is 7.70. The predicted octanol–water partition coefficient (Wildman–Crippen LogP) is 2.47. The molecule has 7 nitrogen and oxygen atoms in total. The van der Waals surface area contributed by atoms with Gasteiger partial charge in [0.25, 0.3) is 0 Å². The van der Waals surface area contributed by atoms with Crippen LogP contribution in [-0.2, 0) is 13.0 Å². The minimum absolute atomic E-state index is 0.0340. The zero-order valence-electron chi connectivity index (χ0n) is 13.2. The molecule has 0 spiro atoms. The molecule has 0 fully saturated rings. The molecule has 3 rings (SSSR count). The zero-order chi connectivity index (χ0) is 15.5. The molecule has 3 aromatic heterocycles. The van der Waals surface area contributed by atoms with Crippen molar-refractivity contribution in [3.05, 3.63) is 36.2 Å². The van der Waals surface area contributed by atoms with Crippen LogP contribution < -0.4 is 5.32 Å².